The van der Waals surface area contributed by atoms with Crippen LogP contribution in [0.4, 0.5) is 4.79 Å². The van der Waals surface area contributed by atoms with Crippen LogP contribution in [-0.4, -0.2) is 80.0 Å². The van der Waals surface area contributed by atoms with Crippen LogP contribution in [0.25, 0.3) is 11.7 Å². The van der Waals surface area contributed by atoms with Crippen LogP contribution in [0, 0.1) is 13.8 Å². The monoisotopic (exact) mass is 519 g/mol. The van der Waals surface area contributed by atoms with Gasteiger partial charge in [-0.15, -0.1) is 0 Å². The van der Waals surface area contributed by atoms with Gasteiger partial charge in [0.15, 0.2) is 5.65 Å². The fourth-order valence-electron chi connectivity index (χ4n) is 4.97. The van der Waals surface area contributed by atoms with Crippen LogP contribution in [0.2, 0.25) is 0 Å². The molecule has 3 aromatic rings. The molecule has 4 rings (SSSR count). The van der Waals surface area contributed by atoms with Crippen molar-refractivity contribution in [3.05, 3.63) is 70.2 Å². The molecule has 1 aliphatic rings. The van der Waals surface area contributed by atoms with E-state index in [1.54, 1.807) is 4.90 Å². The molecule has 0 saturated carbocycles. The second kappa shape index (κ2) is 11.7. The molecule has 0 unspecified atom stereocenters. The Balaban J connectivity index is 1.36. The molecule has 1 saturated heterocycles. The molecule has 0 aliphatic carbocycles. The first-order valence-electron chi connectivity index (χ1n) is 13.5. The summed E-state index contributed by atoms with van der Waals surface area (Å²) < 4.78 is 7.47. The van der Waals surface area contributed by atoms with Crippen molar-refractivity contribution in [2.45, 2.75) is 66.0 Å². The lowest BCUT2D eigenvalue weighted by molar-refractivity contribution is -0.00994. The highest BCUT2D eigenvalue weighted by atomic mass is 16.6. The number of hydrogen-bond acceptors (Lipinski definition) is 6. The summed E-state index contributed by atoms with van der Waals surface area (Å²) in [5.74, 6) is 0. The van der Waals surface area contributed by atoms with Crippen molar-refractivity contribution in [1.82, 2.24) is 24.4 Å². The molecule has 0 radical (unpaired) electrons. The van der Waals surface area contributed by atoms with Gasteiger partial charge in [-0.05, 0) is 58.2 Å². The molecule has 1 atom stereocenters. The minimum atomic E-state index is -0.549. The zero-order valence-electron chi connectivity index (χ0n) is 23.6. The van der Waals surface area contributed by atoms with E-state index in [1.807, 2.05) is 32.2 Å². The third-order valence-corrected chi connectivity index (χ3v) is 6.85. The van der Waals surface area contributed by atoms with Gasteiger partial charge >= 0.3 is 6.09 Å². The lowest BCUT2D eigenvalue weighted by Crippen LogP contribution is -2.57. The van der Waals surface area contributed by atoms with Crippen LogP contribution in [-0.2, 0) is 17.6 Å². The standard InChI is InChI=1S/C30H41N5O3/c1-7-27-26(28-31-21(2)17-22(3)35(28)32-27)18-24-12-10-23(11-13-24)9-8-14-33-15-16-34(25(19-33)20-36)29(37)38-30(4,5)6/h8-13,17,25,36H,7,14-16,18-20H2,1-6H3/t25-/m0/s1. The molecule has 1 aromatic carbocycles. The van der Waals surface area contributed by atoms with E-state index in [1.165, 1.54) is 11.1 Å². The number of ether oxygens (including phenoxy) is 1. The average molecular weight is 520 g/mol. The molecular weight excluding hydrogens is 478 g/mol. The highest BCUT2D eigenvalue weighted by Gasteiger charge is 2.32. The molecule has 0 spiro atoms. The first kappa shape index (κ1) is 27.8. The van der Waals surface area contributed by atoms with Crippen LogP contribution in [0.1, 0.15) is 61.5 Å². The number of aryl methyl sites for hydroxylation is 3. The van der Waals surface area contributed by atoms with Crippen LogP contribution >= 0.6 is 0 Å². The van der Waals surface area contributed by atoms with Gasteiger partial charge in [-0.1, -0.05) is 43.3 Å². The fraction of sp³-hybridized carbons (Fsp3) is 0.500. The number of amides is 1. The van der Waals surface area contributed by atoms with E-state index in [2.05, 4.69) is 61.2 Å². The van der Waals surface area contributed by atoms with E-state index in [-0.39, 0.29) is 18.7 Å². The summed E-state index contributed by atoms with van der Waals surface area (Å²) in [4.78, 5) is 21.2. The Bertz CT molecular complexity index is 1290. The summed E-state index contributed by atoms with van der Waals surface area (Å²) in [5.41, 5.74) is 7.19. The Kier molecular flexibility index (Phi) is 8.53. The van der Waals surface area contributed by atoms with Crippen LogP contribution in [0.5, 0.6) is 0 Å². The van der Waals surface area contributed by atoms with Gasteiger partial charge in [-0.3, -0.25) is 4.90 Å². The van der Waals surface area contributed by atoms with Crippen LogP contribution < -0.4 is 0 Å². The Labute approximate surface area is 225 Å². The van der Waals surface area contributed by atoms with E-state index in [0.717, 1.165) is 54.2 Å². The van der Waals surface area contributed by atoms with E-state index in [4.69, 9.17) is 14.8 Å². The number of fused-ring (bicyclic) bond motifs is 1. The normalized spacial score (nSPS) is 17.0. The minimum Gasteiger partial charge on any atom is -0.444 e. The Morgan fingerprint density at radius 2 is 1.92 bits per heavy atom. The second-order valence-corrected chi connectivity index (χ2v) is 11.1. The second-order valence-electron chi connectivity index (χ2n) is 11.1. The topological polar surface area (TPSA) is 83.2 Å². The third-order valence-electron chi connectivity index (χ3n) is 6.85. The number of aliphatic hydroxyl groups excluding tert-OH is 1. The number of piperazine rings is 1. The van der Waals surface area contributed by atoms with Gasteiger partial charge in [0.25, 0.3) is 0 Å². The fourth-order valence-corrected chi connectivity index (χ4v) is 4.97. The smallest absolute Gasteiger partial charge is 0.410 e. The Morgan fingerprint density at radius 1 is 1.18 bits per heavy atom. The Hall–Kier alpha value is -3.23. The molecule has 1 N–H and O–H groups in total. The molecule has 8 heteroatoms. The summed E-state index contributed by atoms with van der Waals surface area (Å²) in [6.07, 6.45) is 5.59. The van der Waals surface area contributed by atoms with Crippen molar-refractivity contribution >= 4 is 17.8 Å². The number of carbonyl (C=O) groups excluding carboxylic acids is 1. The van der Waals surface area contributed by atoms with Gasteiger partial charge in [0, 0.05) is 49.6 Å². The maximum atomic E-state index is 12.5. The van der Waals surface area contributed by atoms with Crippen molar-refractivity contribution in [3.63, 3.8) is 0 Å². The molecule has 1 amide bonds. The zero-order valence-corrected chi connectivity index (χ0v) is 23.6. The number of aromatic nitrogens is 3. The highest BCUT2D eigenvalue weighted by Crippen LogP contribution is 2.22. The van der Waals surface area contributed by atoms with Crippen LogP contribution in [0.15, 0.2) is 36.4 Å². The van der Waals surface area contributed by atoms with Gasteiger partial charge in [-0.2, -0.15) is 5.10 Å². The predicted octanol–water partition coefficient (Wildman–Crippen LogP) is 4.43. The average Bonchev–Trinajstić information content (AvgIpc) is 3.21. The summed E-state index contributed by atoms with van der Waals surface area (Å²) in [7, 11) is 0. The summed E-state index contributed by atoms with van der Waals surface area (Å²) in [6.45, 7) is 14.4. The Morgan fingerprint density at radius 3 is 2.58 bits per heavy atom. The first-order valence-corrected chi connectivity index (χ1v) is 13.5. The van der Waals surface area contributed by atoms with E-state index in [9.17, 15) is 9.90 Å². The molecule has 2 aromatic heterocycles. The van der Waals surface area contributed by atoms with E-state index < -0.39 is 5.60 Å². The van der Waals surface area contributed by atoms with E-state index in [0.29, 0.717) is 13.1 Å². The molecular formula is C30H41N5O3. The predicted molar refractivity (Wildman–Crippen MR) is 150 cm³/mol. The van der Waals surface area contributed by atoms with Crippen molar-refractivity contribution in [2.24, 2.45) is 0 Å². The van der Waals surface area contributed by atoms with Gasteiger partial charge < -0.3 is 14.7 Å². The third kappa shape index (κ3) is 6.60. The summed E-state index contributed by atoms with van der Waals surface area (Å²) in [6, 6.07) is 10.4. The van der Waals surface area contributed by atoms with Crippen molar-refractivity contribution in [3.8, 4) is 0 Å². The number of aliphatic hydroxyl groups is 1. The number of hydrogen-bond donors (Lipinski definition) is 1. The van der Waals surface area contributed by atoms with Gasteiger partial charge in [0.2, 0.25) is 0 Å². The quantitative estimate of drug-likeness (QED) is 0.497. The largest absolute Gasteiger partial charge is 0.444 e. The van der Waals surface area contributed by atoms with Gasteiger partial charge in [-0.25, -0.2) is 14.3 Å². The lowest BCUT2D eigenvalue weighted by Gasteiger charge is -2.40. The van der Waals surface area contributed by atoms with Crippen molar-refractivity contribution in [2.75, 3.05) is 32.8 Å². The number of benzene rings is 1. The molecule has 3 heterocycles. The van der Waals surface area contributed by atoms with Crippen molar-refractivity contribution < 1.29 is 14.6 Å². The number of rotatable bonds is 7. The maximum absolute atomic E-state index is 12.5. The lowest BCUT2D eigenvalue weighted by atomic mass is 10.0. The molecule has 8 nitrogen and oxygen atoms in total. The van der Waals surface area contributed by atoms with Gasteiger partial charge in [0.1, 0.15) is 5.60 Å². The van der Waals surface area contributed by atoms with Crippen LogP contribution in [0.3, 0.4) is 0 Å². The summed E-state index contributed by atoms with van der Waals surface area (Å²) in [5, 5.41) is 14.7. The SMILES string of the molecule is CCc1nn2c(C)cc(C)nc2c1Cc1ccc(C=CCN2CCN(C(=O)OC(C)(C)C)[C@H](CO)C2)cc1. The molecule has 38 heavy (non-hydrogen) atoms. The van der Waals surface area contributed by atoms with E-state index >= 15 is 0 Å². The number of carbonyl (C=O) groups is 1. The maximum Gasteiger partial charge on any atom is 0.410 e. The minimum absolute atomic E-state index is 0.0813. The highest BCUT2D eigenvalue weighted by molar-refractivity contribution is 5.68. The molecule has 1 aliphatic heterocycles. The zero-order chi connectivity index (χ0) is 27.4. The van der Waals surface area contributed by atoms with Crippen molar-refractivity contribution in [1.29, 1.82) is 0 Å². The van der Waals surface area contributed by atoms with Gasteiger partial charge in [0.05, 0.1) is 18.3 Å². The summed E-state index contributed by atoms with van der Waals surface area (Å²) >= 11 is 0. The first-order chi connectivity index (χ1) is 18.1. The molecule has 204 valence electrons. The molecule has 0 bridgehead atoms. The number of nitrogens with zero attached hydrogens (tertiary/aromatic N) is 5. The molecule has 1 fully saturated rings.